The van der Waals surface area contributed by atoms with Crippen LogP contribution in [0.4, 0.5) is 4.39 Å². The molecule has 3 rings (SSSR count). The van der Waals surface area contributed by atoms with Gasteiger partial charge in [0.15, 0.2) is 0 Å². The first-order valence-electron chi connectivity index (χ1n) is 7.53. The number of amides is 1. The van der Waals surface area contributed by atoms with Gasteiger partial charge in [0.2, 0.25) is 0 Å². The summed E-state index contributed by atoms with van der Waals surface area (Å²) in [4.78, 5) is 20.5. The molecule has 1 aromatic heterocycles. The molecule has 0 aliphatic rings. The Balaban J connectivity index is 1.66. The van der Waals surface area contributed by atoms with Crippen LogP contribution in [0.15, 0.2) is 60.9 Å². The number of hydrogen-bond donors (Lipinski definition) is 1. The Hall–Kier alpha value is -3.08. The summed E-state index contributed by atoms with van der Waals surface area (Å²) in [6.45, 7) is 2.17. The van der Waals surface area contributed by atoms with Crippen LogP contribution in [0.25, 0.3) is 11.1 Å². The lowest BCUT2D eigenvalue weighted by Crippen LogP contribution is -2.23. The molecular formula is C19H16FN3O. The van der Waals surface area contributed by atoms with Gasteiger partial charge < -0.3 is 5.32 Å². The molecule has 0 unspecified atom stereocenters. The molecule has 0 aliphatic carbocycles. The Morgan fingerprint density at radius 2 is 1.83 bits per heavy atom. The molecule has 0 saturated heterocycles. The van der Waals surface area contributed by atoms with E-state index in [1.165, 1.54) is 12.1 Å². The molecule has 4 nitrogen and oxygen atoms in total. The molecule has 0 atom stereocenters. The third kappa shape index (κ3) is 3.81. The molecule has 0 bridgehead atoms. The smallest absolute Gasteiger partial charge is 0.251 e. The van der Waals surface area contributed by atoms with Crippen molar-refractivity contribution in [2.24, 2.45) is 0 Å². The number of nitrogens with one attached hydrogen (secondary N) is 1. The zero-order valence-electron chi connectivity index (χ0n) is 13.2. The quantitative estimate of drug-likeness (QED) is 0.800. The van der Waals surface area contributed by atoms with Crippen molar-refractivity contribution in [1.82, 2.24) is 15.3 Å². The van der Waals surface area contributed by atoms with E-state index < -0.39 is 0 Å². The van der Waals surface area contributed by atoms with Gasteiger partial charge in [-0.05, 0) is 42.3 Å². The summed E-state index contributed by atoms with van der Waals surface area (Å²) in [5, 5.41) is 2.80. The zero-order valence-corrected chi connectivity index (χ0v) is 13.2. The first-order chi connectivity index (χ1) is 11.6. The average Bonchev–Trinajstić information content (AvgIpc) is 2.61. The number of benzene rings is 2. The van der Waals surface area contributed by atoms with E-state index in [2.05, 4.69) is 15.3 Å². The average molecular weight is 321 g/mol. The Morgan fingerprint density at radius 1 is 1.04 bits per heavy atom. The fraction of sp³-hybridized carbons (Fsp3) is 0.105. The second-order valence-corrected chi connectivity index (χ2v) is 5.42. The van der Waals surface area contributed by atoms with Crippen LogP contribution in [-0.4, -0.2) is 15.9 Å². The second kappa shape index (κ2) is 7.00. The number of carbonyl (C=O) groups excluding carboxylic acids is 1. The van der Waals surface area contributed by atoms with Gasteiger partial charge in [0.25, 0.3) is 5.91 Å². The number of aryl methyl sites for hydroxylation is 1. The zero-order chi connectivity index (χ0) is 16.9. The van der Waals surface area contributed by atoms with Crippen molar-refractivity contribution < 1.29 is 9.18 Å². The maximum absolute atomic E-state index is 13.3. The molecule has 0 fully saturated rings. The monoisotopic (exact) mass is 321 g/mol. The lowest BCUT2D eigenvalue weighted by atomic mass is 10.0. The summed E-state index contributed by atoms with van der Waals surface area (Å²) in [5.41, 5.74) is 3.70. The predicted molar refractivity (Wildman–Crippen MR) is 89.8 cm³/mol. The normalized spacial score (nSPS) is 10.4. The summed E-state index contributed by atoms with van der Waals surface area (Å²) in [7, 11) is 0. The Bertz CT molecular complexity index is 845. The fourth-order valence-corrected chi connectivity index (χ4v) is 2.27. The topological polar surface area (TPSA) is 54.9 Å². The minimum absolute atomic E-state index is 0.192. The van der Waals surface area contributed by atoms with E-state index in [-0.39, 0.29) is 11.7 Å². The standard InChI is InChI=1S/C19H16FN3O/c1-13-10-22-18(11-21-13)12-23-19(24)15-7-5-14(6-8-15)16-3-2-4-17(20)9-16/h2-11H,12H2,1H3,(H,23,24). The van der Waals surface area contributed by atoms with Crippen LogP contribution in [0.1, 0.15) is 21.7 Å². The fourth-order valence-electron chi connectivity index (χ4n) is 2.27. The van der Waals surface area contributed by atoms with Crippen LogP contribution in [0.2, 0.25) is 0 Å². The van der Waals surface area contributed by atoms with Gasteiger partial charge in [-0.2, -0.15) is 0 Å². The molecule has 1 heterocycles. The number of hydrogen-bond acceptors (Lipinski definition) is 3. The number of rotatable bonds is 4. The molecule has 5 heteroatoms. The van der Waals surface area contributed by atoms with Crippen LogP contribution >= 0.6 is 0 Å². The van der Waals surface area contributed by atoms with Gasteiger partial charge in [-0.3, -0.25) is 14.8 Å². The number of nitrogens with zero attached hydrogens (tertiary/aromatic N) is 2. The summed E-state index contributed by atoms with van der Waals surface area (Å²) in [5.74, 6) is -0.475. The molecule has 2 aromatic carbocycles. The van der Waals surface area contributed by atoms with Crippen molar-refractivity contribution in [3.63, 3.8) is 0 Å². The van der Waals surface area contributed by atoms with Crippen LogP contribution in [0.5, 0.6) is 0 Å². The Morgan fingerprint density at radius 3 is 2.50 bits per heavy atom. The summed E-state index contributed by atoms with van der Waals surface area (Å²) in [6, 6.07) is 13.4. The third-order valence-electron chi connectivity index (χ3n) is 3.57. The van der Waals surface area contributed by atoms with Gasteiger partial charge in [0.1, 0.15) is 5.82 Å². The van der Waals surface area contributed by atoms with Gasteiger partial charge >= 0.3 is 0 Å². The highest BCUT2D eigenvalue weighted by Gasteiger charge is 2.07. The molecule has 0 radical (unpaired) electrons. The first-order valence-corrected chi connectivity index (χ1v) is 7.53. The molecule has 24 heavy (non-hydrogen) atoms. The highest BCUT2D eigenvalue weighted by atomic mass is 19.1. The van der Waals surface area contributed by atoms with Crippen LogP contribution in [0.3, 0.4) is 0 Å². The van der Waals surface area contributed by atoms with E-state index in [1.54, 1.807) is 42.7 Å². The molecular weight excluding hydrogens is 305 g/mol. The molecule has 1 amide bonds. The second-order valence-electron chi connectivity index (χ2n) is 5.42. The van der Waals surface area contributed by atoms with Crippen molar-refractivity contribution >= 4 is 5.91 Å². The SMILES string of the molecule is Cc1cnc(CNC(=O)c2ccc(-c3cccc(F)c3)cc2)cn1. The number of halogens is 1. The van der Waals surface area contributed by atoms with Crippen molar-refractivity contribution in [2.75, 3.05) is 0 Å². The number of aromatic nitrogens is 2. The highest BCUT2D eigenvalue weighted by molar-refractivity contribution is 5.94. The Labute approximate surface area is 139 Å². The van der Waals surface area contributed by atoms with E-state index in [9.17, 15) is 9.18 Å². The van der Waals surface area contributed by atoms with Gasteiger partial charge in [-0.15, -0.1) is 0 Å². The van der Waals surface area contributed by atoms with Crippen molar-refractivity contribution in [2.45, 2.75) is 13.5 Å². The highest BCUT2D eigenvalue weighted by Crippen LogP contribution is 2.20. The third-order valence-corrected chi connectivity index (χ3v) is 3.57. The summed E-state index contributed by atoms with van der Waals surface area (Å²) >= 11 is 0. The largest absolute Gasteiger partial charge is 0.346 e. The van der Waals surface area contributed by atoms with Crippen molar-refractivity contribution in [3.8, 4) is 11.1 Å². The molecule has 0 saturated carbocycles. The molecule has 1 N–H and O–H groups in total. The predicted octanol–water partition coefficient (Wildman–Crippen LogP) is 3.52. The first kappa shape index (κ1) is 15.8. The van der Waals surface area contributed by atoms with Gasteiger partial charge in [0.05, 0.1) is 24.1 Å². The minimum Gasteiger partial charge on any atom is -0.346 e. The van der Waals surface area contributed by atoms with Crippen LogP contribution < -0.4 is 5.32 Å². The van der Waals surface area contributed by atoms with Gasteiger partial charge in [0, 0.05) is 11.8 Å². The van der Waals surface area contributed by atoms with Crippen molar-refractivity contribution in [1.29, 1.82) is 0 Å². The van der Waals surface area contributed by atoms with E-state index >= 15 is 0 Å². The maximum atomic E-state index is 13.3. The van der Waals surface area contributed by atoms with Gasteiger partial charge in [-0.25, -0.2) is 4.39 Å². The minimum atomic E-state index is -0.284. The summed E-state index contributed by atoms with van der Waals surface area (Å²) in [6.07, 6.45) is 3.30. The van der Waals surface area contributed by atoms with Crippen molar-refractivity contribution in [3.05, 3.63) is 83.7 Å². The summed E-state index contributed by atoms with van der Waals surface area (Å²) < 4.78 is 13.3. The lowest BCUT2D eigenvalue weighted by molar-refractivity contribution is 0.0950. The molecule has 3 aromatic rings. The van der Waals surface area contributed by atoms with E-state index in [1.807, 2.05) is 13.0 Å². The lowest BCUT2D eigenvalue weighted by Gasteiger charge is -2.06. The molecule has 0 aliphatic heterocycles. The molecule has 0 spiro atoms. The van der Waals surface area contributed by atoms with E-state index in [0.717, 1.165) is 16.8 Å². The molecule has 120 valence electrons. The van der Waals surface area contributed by atoms with Crippen LogP contribution in [0, 0.1) is 12.7 Å². The van der Waals surface area contributed by atoms with E-state index in [0.29, 0.717) is 17.8 Å². The maximum Gasteiger partial charge on any atom is 0.251 e. The number of carbonyl (C=O) groups is 1. The van der Waals surface area contributed by atoms with Crippen LogP contribution in [-0.2, 0) is 6.54 Å². The van der Waals surface area contributed by atoms with E-state index in [4.69, 9.17) is 0 Å². The Kier molecular flexibility index (Phi) is 4.61. The van der Waals surface area contributed by atoms with Gasteiger partial charge in [-0.1, -0.05) is 24.3 Å².